The largest absolute Gasteiger partial charge is 0.463 e. The summed E-state index contributed by atoms with van der Waals surface area (Å²) in [6.07, 6.45) is 0. The van der Waals surface area contributed by atoms with E-state index in [9.17, 15) is 9.59 Å². The third-order valence-electron chi connectivity index (χ3n) is 3.97. The molecular formula is C18H26N3O3+. The van der Waals surface area contributed by atoms with Crippen molar-refractivity contribution in [1.82, 2.24) is 10.6 Å². The van der Waals surface area contributed by atoms with Gasteiger partial charge in [-0.1, -0.05) is 29.8 Å². The minimum Gasteiger partial charge on any atom is -0.463 e. The van der Waals surface area contributed by atoms with Crippen molar-refractivity contribution in [3.05, 3.63) is 46.7 Å². The van der Waals surface area contributed by atoms with Crippen LogP contribution < -0.4 is 15.5 Å². The van der Waals surface area contributed by atoms with Crippen LogP contribution in [0.2, 0.25) is 0 Å². The summed E-state index contributed by atoms with van der Waals surface area (Å²) < 4.78 is 5.13. The number of benzene rings is 1. The van der Waals surface area contributed by atoms with E-state index in [0.717, 1.165) is 6.54 Å². The number of urea groups is 1. The normalized spacial score (nSPS) is 18.7. The van der Waals surface area contributed by atoms with Crippen LogP contribution in [0, 0.1) is 6.92 Å². The smallest absolute Gasteiger partial charge is 0.338 e. The van der Waals surface area contributed by atoms with E-state index < -0.39 is 0 Å². The Hall–Kier alpha value is -2.34. The highest BCUT2D eigenvalue weighted by Gasteiger charge is 2.31. The molecule has 2 rings (SSSR count). The molecule has 6 heteroatoms. The fraction of sp³-hybridized carbons (Fsp3) is 0.444. The summed E-state index contributed by atoms with van der Waals surface area (Å²) in [5, 5.41) is 5.48. The van der Waals surface area contributed by atoms with Crippen LogP contribution in [0.5, 0.6) is 0 Å². The SMILES string of the molecule is CCOC(=O)C1=C(C[NH+](C)Cc2ccc(C)cc2)NC(=O)N[C@@H]1C. The first kappa shape index (κ1) is 18.0. The van der Waals surface area contributed by atoms with Gasteiger partial charge in [0.1, 0.15) is 13.1 Å². The Morgan fingerprint density at radius 2 is 1.92 bits per heavy atom. The average Bonchev–Trinajstić information content (AvgIpc) is 2.49. The molecule has 0 spiro atoms. The van der Waals surface area contributed by atoms with Crippen LogP contribution in [0.4, 0.5) is 4.79 Å². The van der Waals surface area contributed by atoms with Crippen molar-refractivity contribution < 1.29 is 19.2 Å². The Morgan fingerprint density at radius 1 is 1.25 bits per heavy atom. The van der Waals surface area contributed by atoms with Crippen LogP contribution in [0.1, 0.15) is 25.0 Å². The Morgan fingerprint density at radius 3 is 2.54 bits per heavy atom. The summed E-state index contributed by atoms with van der Waals surface area (Å²) in [5.74, 6) is -0.379. The van der Waals surface area contributed by atoms with Gasteiger partial charge in [0.15, 0.2) is 0 Å². The minimum absolute atomic E-state index is 0.284. The highest BCUT2D eigenvalue weighted by molar-refractivity contribution is 5.94. The van der Waals surface area contributed by atoms with E-state index in [4.69, 9.17) is 4.74 Å². The van der Waals surface area contributed by atoms with Crippen LogP contribution in [0.3, 0.4) is 0 Å². The molecule has 1 heterocycles. The Labute approximate surface area is 142 Å². The predicted molar refractivity (Wildman–Crippen MR) is 91.4 cm³/mol. The van der Waals surface area contributed by atoms with Gasteiger partial charge in [-0.3, -0.25) is 0 Å². The van der Waals surface area contributed by atoms with Gasteiger partial charge in [0.05, 0.1) is 31.0 Å². The molecule has 1 aromatic carbocycles. The Bertz CT molecular complexity index is 637. The molecule has 0 radical (unpaired) electrons. The fourth-order valence-corrected chi connectivity index (χ4v) is 2.84. The maximum atomic E-state index is 12.2. The van der Waals surface area contributed by atoms with Gasteiger partial charge in [-0.25, -0.2) is 9.59 Å². The highest BCUT2D eigenvalue weighted by Crippen LogP contribution is 2.13. The highest BCUT2D eigenvalue weighted by atomic mass is 16.5. The van der Waals surface area contributed by atoms with Crippen molar-refractivity contribution in [2.24, 2.45) is 0 Å². The number of aryl methyl sites for hydroxylation is 1. The summed E-state index contributed by atoms with van der Waals surface area (Å²) in [6, 6.07) is 7.72. The zero-order valence-corrected chi connectivity index (χ0v) is 14.7. The molecule has 0 fully saturated rings. The van der Waals surface area contributed by atoms with Gasteiger partial charge in [0.25, 0.3) is 0 Å². The zero-order chi connectivity index (χ0) is 17.7. The molecule has 130 valence electrons. The lowest BCUT2D eigenvalue weighted by Crippen LogP contribution is -3.08. The number of rotatable bonds is 6. The first-order chi connectivity index (χ1) is 11.4. The monoisotopic (exact) mass is 332 g/mol. The van der Waals surface area contributed by atoms with Crippen molar-refractivity contribution in [1.29, 1.82) is 0 Å². The van der Waals surface area contributed by atoms with E-state index in [0.29, 0.717) is 24.4 Å². The number of likely N-dealkylation sites (N-methyl/N-ethyl adjacent to an activating group) is 1. The van der Waals surface area contributed by atoms with E-state index in [1.807, 2.05) is 7.05 Å². The molecule has 1 aromatic rings. The molecule has 0 aromatic heterocycles. The summed E-state index contributed by atoms with van der Waals surface area (Å²) in [7, 11) is 2.04. The standard InChI is InChI=1S/C18H25N3O3/c1-5-24-17(22)16-13(3)19-18(23)20-15(16)11-21(4)10-14-8-6-12(2)7-9-14/h6-9,13H,5,10-11H2,1-4H3,(H2,19,20,23)/p+1/t13-/m1/s1. The molecule has 1 unspecified atom stereocenters. The van der Waals surface area contributed by atoms with Crippen molar-refractivity contribution in [3.8, 4) is 0 Å². The van der Waals surface area contributed by atoms with Crippen molar-refractivity contribution in [2.45, 2.75) is 33.4 Å². The Balaban J connectivity index is 2.15. The molecule has 0 saturated heterocycles. The van der Waals surface area contributed by atoms with Gasteiger partial charge in [-0.2, -0.15) is 0 Å². The Kier molecular flexibility index (Phi) is 5.98. The lowest BCUT2D eigenvalue weighted by Gasteiger charge is -2.27. The fourth-order valence-electron chi connectivity index (χ4n) is 2.84. The van der Waals surface area contributed by atoms with Crippen LogP contribution in [0.25, 0.3) is 0 Å². The van der Waals surface area contributed by atoms with E-state index in [2.05, 4.69) is 41.8 Å². The quantitative estimate of drug-likeness (QED) is 0.666. The number of esters is 1. The van der Waals surface area contributed by atoms with E-state index in [1.165, 1.54) is 16.0 Å². The van der Waals surface area contributed by atoms with Gasteiger partial charge in [-0.05, 0) is 20.8 Å². The number of nitrogens with one attached hydrogen (secondary N) is 3. The first-order valence-electron chi connectivity index (χ1n) is 8.25. The first-order valence-corrected chi connectivity index (χ1v) is 8.25. The topological polar surface area (TPSA) is 71.9 Å². The van der Waals surface area contributed by atoms with E-state index >= 15 is 0 Å². The molecule has 24 heavy (non-hydrogen) atoms. The van der Waals surface area contributed by atoms with Gasteiger partial charge in [0, 0.05) is 5.56 Å². The molecular weight excluding hydrogens is 306 g/mol. The number of hydrogen-bond acceptors (Lipinski definition) is 3. The summed E-state index contributed by atoms with van der Waals surface area (Å²) in [6.45, 7) is 7.27. The number of ether oxygens (including phenoxy) is 1. The number of amides is 2. The number of quaternary nitrogens is 1. The van der Waals surface area contributed by atoms with Crippen molar-refractivity contribution in [2.75, 3.05) is 20.2 Å². The van der Waals surface area contributed by atoms with Crippen LogP contribution >= 0.6 is 0 Å². The van der Waals surface area contributed by atoms with Gasteiger partial charge < -0.3 is 20.3 Å². The van der Waals surface area contributed by atoms with Gasteiger partial charge in [-0.15, -0.1) is 0 Å². The third-order valence-corrected chi connectivity index (χ3v) is 3.97. The maximum absolute atomic E-state index is 12.2. The second-order valence-corrected chi connectivity index (χ2v) is 6.23. The number of hydrogen-bond donors (Lipinski definition) is 3. The molecule has 6 nitrogen and oxygen atoms in total. The zero-order valence-electron chi connectivity index (χ0n) is 14.7. The predicted octanol–water partition coefficient (Wildman–Crippen LogP) is 0.528. The summed E-state index contributed by atoms with van der Waals surface area (Å²) in [4.78, 5) is 25.2. The maximum Gasteiger partial charge on any atom is 0.338 e. The summed E-state index contributed by atoms with van der Waals surface area (Å²) in [5.41, 5.74) is 3.57. The molecule has 2 amide bonds. The molecule has 3 N–H and O–H groups in total. The van der Waals surface area contributed by atoms with Gasteiger partial charge in [0.2, 0.25) is 0 Å². The lowest BCUT2D eigenvalue weighted by atomic mass is 10.0. The number of carbonyl (C=O) groups is 2. The molecule has 2 atom stereocenters. The van der Waals surface area contributed by atoms with Crippen LogP contribution in [-0.2, 0) is 16.1 Å². The molecule has 1 aliphatic rings. The third kappa shape index (κ3) is 4.58. The lowest BCUT2D eigenvalue weighted by molar-refractivity contribution is -0.889. The second-order valence-electron chi connectivity index (χ2n) is 6.23. The van der Waals surface area contributed by atoms with E-state index in [-0.39, 0.29) is 18.0 Å². The van der Waals surface area contributed by atoms with Crippen molar-refractivity contribution in [3.63, 3.8) is 0 Å². The second kappa shape index (κ2) is 7.97. The number of carbonyl (C=O) groups excluding carboxylic acids is 2. The summed E-state index contributed by atoms with van der Waals surface area (Å²) >= 11 is 0. The minimum atomic E-state index is -0.379. The van der Waals surface area contributed by atoms with E-state index in [1.54, 1.807) is 13.8 Å². The van der Waals surface area contributed by atoms with Crippen molar-refractivity contribution >= 4 is 12.0 Å². The average molecular weight is 332 g/mol. The molecule has 0 aliphatic carbocycles. The van der Waals surface area contributed by atoms with Crippen LogP contribution in [-0.4, -0.2) is 38.2 Å². The van der Waals surface area contributed by atoms with Gasteiger partial charge >= 0.3 is 12.0 Å². The molecule has 0 saturated carbocycles. The molecule has 1 aliphatic heterocycles. The molecule has 0 bridgehead atoms. The van der Waals surface area contributed by atoms with Crippen LogP contribution in [0.15, 0.2) is 35.5 Å².